The second-order valence-electron chi connectivity index (χ2n) is 6.08. The van der Waals surface area contributed by atoms with Crippen LogP contribution in [0.3, 0.4) is 0 Å². The van der Waals surface area contributed by atoms with Gasteiger partial charge in [-0.3, -0.25) is 5.32 Å². The molecule has 1 N–H and O–H groups in total. The van der Waals surface area contributed by atoms with Gasteiger partial charge in [-0.2, -0.15) is 0 Å². The molecular weight excluding hydrogens is 254 g/mol. The van der Waals surface area contributed by atoms with Gasteiger partial charge in [0, 0.05) is 13.1 Å². The Bertz CT molecular complexity index is 445. The highest BCUT2D eigenvalue weighted by molar-refractivity contribution is 5.83. The molecule has 5 nitrogen and oxygen atoms in total. The first-order chi connectivity index (χ1) is 9.44. The van der Waals surface area contributed by atoms with Gasteiger partial charge in [0.2, 0.25) is 0 Å². The normalized spacial score (nSPS) is 15.8. The number of nitrogens with one attached hydrogen (secondary N) is 1. The standard InChI is InChI=1S/C15H23N3O2/c1-15(2,3)20-14(19)17-13-8-7-12(11-16-13)18-9-5-4-6-10-18/h7-8,11H,4-6,9-10H2,1-3H3,(H,16,17,19). The second kappa shape index (κ2) is 6.11. The first-order valence-corrected chi connectivity index (χ1v) is 7.15. The van der Waals surface area contributed by atoms with E-state index in [1.807, 2.05) is 32.9 Å². The summed E-state index contributed by atoms with van der Waals surface area (Å²) in [7, 11) is 0. The van der Waals surface area contributed by atoms with E-state index in [2.05, 4.69) is 15.2 Å². The number of hydrogen-bond donors (Lipinski definition) is 1. The lowest BCUT2D eigenvalue weighted by molar-refractivity contribution is 0.0635. The predicted molar refractivity (Wildman–Crippen MR) is 80.2 cm³/mol. The Kier molecular flexibility index (Phi) is 4.47. The van der Waals surface area contributed by atoms with Crippen LogP contribution in [0.5, 0.6) is 0 Å². The Hall–Kier alpha value is -1.78. The lowest BCUT2D eigenvalue weighted by Crippen LogP contribution is -2.29. The molecule has 0 unspecified atom stereocenters. The maximum atomic E-state index is 11.6. The molecule has 0 atom stereocenters. The maximum absolute atomic E-state index is 11.6. The van der Waals surface area contributed by atoms with Crippen LogP contribution < -0.4 is 10.2 Å². The van der Waals surface area contributed by atoms with Gasteiger partial charge in [-0.1, -0.05) is 0 Å². The van der Waals surface area contributed by atoms with E-state index in [0.29, 0.717) is 5.82 Å². The first-order valence-electron chi connectivity index (χ1n) is 7.15. The van der Waals surface area contributed by atoms with E-state index in [4.69, 9.17) is 4.74 Å². The van der Waals surface area contributed by atoms with Crippen molar-refractivity contribution >= 4 is 17.6 Å². The molecular formula is C15H23N3O2. The van der Waals surface area contributed by atoms with Crippen molar-refractivity contribution in [3.05, 3.63) is 18.3 Å². The molecule has 0 aliphatic carbocycles. The van der Waals surface area contributed by atoms with Crippen molar-refractivity contribution < 1.29 is 9.53 Å². The average Bonchev–Trinajstić information content (AvgIpc) is 2.38. The number of anilines is 2. The topological polar surface area (TPSA) is 54.5 Å². The predicted octanol–water partition coefficient (Wildman–Crippen LogP) is 3.42. The fraction of sp³-hybridized carbons (Fsp3) is 0.600. The zero-order chi connectivity index (χ0) is 14.6. The third-order valence-electron chi connectivity index (χ3n) is 3.10. The zero-order valence-electron chi connectivity index (χ0n) is 12.5. The van der Waals surface area contributed by atoms with Crippen LogP contribution in [0.1, 0.15) is 40.0 Å². The van der Waals surface area contributed by atoms with E-state index in [-0.39, 0.29) is 0 Å². The van der Waals surface area contributed by atoms with Crippen molar-refractivity contribution in [3.8, 4) is 0 Å². The molecule has 1 aliphatic rings. The highest BCUT2D eigenvalue weighted by Crippen LogP contribution is 2.20. The lowest BCUT2D eigenvalue weighted by Gasteiger charge is -2.28. The van der Waals surface area contributed by atoms with Gasteiger partial charge >= 0.3 is 6.09 Å². The van der Waals surface area contributed by atoms with Crippen molar-refractivity contribution in [1.29, 1.82) is 0 Å². The Morgan fingerprint density at radius 1 is 1.25 bits per heavy atom. The molecule has 1 amide bonds. The summed E-state index contributed by atoms with van der Waals surface area (Å²) in [5, 5.41) is 2.64. The number of piperidine rings is 1. The molecule has 110 valence electrons. The molecule has 20 heavy (non-hydrogen) atoms. The SMILES string of the molecule is CC(C)(C)OC(=O)Nc1ccc(N2CCCCC2)cn1. The number of amides is 1. The summed E-state index contributed by atoms with van der Waals surface area (Å²) in [5.41, 5.74) is 0.608. The van der Waals surface area contributed by atoms with Crippen LogP contribution in [0.4, 0.5) is 16.3 Å². The van der Waals surface area contributed by atoms with Gasteiger partial charge < -0.3 is 9.64 Å². The van der Waals surface area contributed by atoms with Crippen molar-refractivity contribution in [2.75, 3.05) is 23.3 Å². The number of hydrogen-bond acceptors (Lipinski definition) is 4. The van der Waals surface area contributed by atoms with Gasteiger partial charge in [0.15, 0.2) is 0 Å². The van der Waals surface area contributed by atoms with E-state index in [9.17, 15) is 4.79 Å². The number of rotatable bonds is 2. The minimum absolute atomic E-state index is 0.476. The quantitative estimate of drug-likeness (QED) is 0.900. The first kappa shape index (κ1) is 14.6. The number of nitrogens with zero attached hydrogens (tertiary/aromatic N) is 2. The summed E-state index contributed by atoms with van der Waals surface area (Å²) in [6.45, 7) is 7.67. The molecule has 1 aliphatic heterocycles. The van der Waals surface area contributed by atoms with Crippen molar-refractivity contribution in [1.82, 2.24) is 4.98 Å². The molecule has 5 heteroatoms. The third kappa shape index (κ3) is 4.40. The fourth-order valence-corrected chi connectivity index (χ4v) is 2.21. The highest BCUT2D eigenvalue weighted by atomic mass is 16.6. The van der Waals surface area contributed by atoms with Crippen molar-refractivity contribution in [2.24, 2.45) is 0 Å². The van der Waals surface area contributed by atoms with Gasteiger partial charge in [0.25, 0.3) is 0 Å². The molecule has 1 aromatic rings. The number of aromatic nitrogens is 1. The smallest absolute Gasteiger partial charge is 0.413 e. The van der Waals surface area contributed by atoms with Gasteiger partial charge in [-0.15, -0.1) is 0 Å². The van der Waals surface area contributed by atoms with Crippen LogP contribution in [-0.2, 0) is 4.74 Å². The summed E-state index contributed by atoms with van der Waals surface area (Å²) in [5.74, 6) is 0.514. The summed E-state index contributed by atoms with van der Waals surface area (Å²) < 4.78 is 5.19. The molecule has 1 aromatic heterocycles. The minimum Gasteiger partial charge on any atom is -0.444 e. The van der Waals surface area contributed by atoms with E-state index in [0.717, 1.165) is 18.8 Å². The fourth-order valence-electron chi connectivity index (χ4n) is 2.21. The summed E-state index contributed by atoms with van der Waals surface area (Å²) >= 11 is 0. The summed E-state index contributed by atoms with van der Waals surface area (Å²) in [6, 6.07) is 3.80. The van der Waals surface area contributed by atoms with E-state index in [1.165, 1.54) is 19.3 Å². The van der Waals surface area contributed by atoms with Crippen molar-refractivity contribution in [2.45, 2.75) is 45.6 Å². The van der Waals surface area contributed by atoms with Gasteiger partial charge in [0.05, 0.1) is 11.9 Å². The Balaban J connectivity index is 1.92. The lowest BCUT2D eigenvalue weighted by atomic mass is 10.1. The Morgan fingerprint density at radius 2 is 1.95 bits per heavy atom. The number of carbonyl (C=O) groups excluding carboxylic acids is 1. The highest BCUT2D eigenvalue weighted by Gasteiger charge is 2.17. The average molecular weight is 277 g/mol. The van der Waals surface area contributed by atoms with Crippen LogP contribution >= 0.6 is 0 Å². The van der Waals surface area contributed by atoms with Crippen LogP contribution in [0.15, 0.2) is 18.3 Å². The van der Waals surface area contributed by atoms with Gasteiger partial charge in [-0.05, 0) is 52.2 Å². The molecule has 2 heterocycles. The molecule has 0 saturated carbocycles. The molecule has 0 spiro atoms. The molecule has 0 aromatic carbocycles. The zero-order valence-corrected chi connectivity index (χ0v) is 12.5. The Labute approximate surface area is 120 Å². The summed E-state index contributed by atoms with van der Waals surface area (Å²) in [6.07, 6.45) is 5.10. The molecule has 1 fully saturated rings. The number of carbonyl (C=O) groups is 1. The van der Waals surface area contributed by atoms with Crippen LogP contribution in [0, 0.1) is 0 Å². The monoisotopic (exact) mass is 277 g/mol. The second-order valence-corrected chi connectivity index (χ2v) is 6.08. The van der Waals surface area contributed by atoms with Crippen LogP contribution in [-0.4, -0.2) is 29.8 Å². The third-order valence-corrected chi connectivity index (χ3v) is 3.10. The van der Waals surface area contributed by atoms with Crippen molar-refractivity contribution in [3.63, 3.8) is 0 Å². The van der Waals surface area contributed by atoms with E-state index >= 15 is 0 Å². The molecule has 1 saturated heterocycles. The largest absolute Gasteiger partial charge is 0.444 e. The van der Waals surface area contributed by atoms with E-state index in [1.54, 1.807) is 6.20 Å². The molecule has 0 radical (unpaired) electrons. The van der Waals surface area contributed by atoms with Crippen LogP contribution in [0.2, 0.25) is 0 Å². The number of pyridine rings is 1. The number of ether oxygens (including phenoxy) is 1. The van der Waals surface area contributed by atoms with E-state index < -0.39 is 11.7 Å². The maximum Gasteiger partial charge on any atom is 0.413 e. The molecule has 2 rings (SSSR count). The Morgan fingerprint density at radius 3 is 2.50 bits per heavy atom. The summed E-state index contributed by atoms with van der Waals surface area (Å²) in [4.78, 5) is 18.2. The molecule has 0 bridgehead atoms. The minimum atomic E-state index is -0.502. The van der Waals surface area contributed by atoms with Gasteiger partial charge in [0.1, 0.15) is 11.4 Å². The van der Waals surface area contributed by atoms with Crippen LogP contribution in [0.25, 0.3) is 0 Å². The van der Waals surface area contributed by atoms with Gasteiger partial charge in [-0.25, -0.2) is 9.78 Å².